The van der Waals surface area contributed by atoms with Crippen molar-refractivity contribution in [2.24, 2.45) is 5.92 Å². The average molecular weight is 363 g/mol. The summed E-state index contributed by atoms with van der Waals surface area (Å²) >= 11 is 0. The van der Waals surface area contributed by atoms with Crippen LogP contribution in [0.25, 0.3) is 0 Å². The number of carbonyl (C=O) groups is 2. The highest BCUT2D eigenvalue weighted by molar-refractivity contribution is 5.91. The van der Waals surface area contributed by atoms with Gasteiger partial charge in [-0.3, -0.25) is 9.59 Å². The largest absolute Gasteiger partial charge is 0.383 e. The van der Waals surface area contributed by atoms with E-state index in [0.717, 1.165) is 0 Å². The Morgan fingerprint density at radius 1 is 1.27 bits per heavy atom. The van der Waals surface area contributed by atoms with Gasteiger partial charge in [0.2, 0.25) is 5.91 Å². The molecule has 0 aromatic carbocycles. The van der Waals surface area contributed by atoms with E-state index in [0.29, 0.717) is 44.3 Å². The van der Waals surface area contributed by atoms with Crippen LogP contribution < -0.4 is 0 Å². The topological polar surface area (TPSA) is 80.6 Å². The molecule has 1 saturated carbocycles. The number of aromatic nitrogens is 3. The van der Waals surface area contributed by atoms with Crippen molar-refractivity contribution in [3.8, 4) is 0 Å². The predicted octanol–water partition coefficient (Wildman–Crippen LogP) is 1.35. The molecule has 0 bridgehead atoms. The summed E-state index contributed by atoms with van der Waals surface area (Å²) in [6.07, 6.45) is 8.56. The number of hydrogen-bond acceptors (Lipinski definition) is 5. The first-order valence-corrected chi connectivity index (χ1v) is 9.52. The molecule has 1 aliphatic carbocycles. The molecule has 8 heteroatoms. The Labute approximate surface area is 154 Å². The van der Waals surface area contributed by atoms with Gasteiger partial charge in [0.15, 0.2) is 5.69 Å². The monoisotopic (exact) mass is 363 g/mol. The molecule has 1 aliphatic heterocycles. The van der Waals surface area contributed by atoms with Gasteiger partial charge in [0, 0.05) is 40.2 Å². The minimum atomic E-state index is -0.169. The first-order chi connectivity index (χ1) is 12.6. The van der Waals surface area contributed by atoms with Gasteiger partial charge in [0.05, 0.1) is 18.8 Å². The van der Waals surface area contributed by atoms with Gasteiger partial charge in [-0.05, 0) is 18.8 Å². The Morgan fingerprint density at radius 2 is 2.00 bits per heavy atom. The van der Waals surface area contributed by atoms with Crippen LogP contribution in [0.5, 0.6) is 0 Å². The zero-order valence-electron chi connectivity index (χ0n) is 15.8. The van der Waals surface area contributed by atoms with Gasteiger partial charge >= 0.3 is 0 Å². The smallest absolute Gasteiger partial charge is 0.275 e. The molecule has 1 aromatic heterocycles. The number of likely N-dealkylation sites (N-methyl/N-ethyl adjacent to an activating group) is 1. The fourth-order valence-corrected chi connectivity index (χ4v) is 3.67. The van der Waals surface area contributed by atoms with Crippen molar-refractivity contribution in [2.75, 3.05) is 40.4 Å². The second-order valence-corrected chi connectivity index (χ2v) is 7.46. The molecule has 0 N–H and O–H groups in total. The molecular weight excluding hydrogens is 334 g/mol. The van der Waals surface area contributed by atoms with E-state index in [9.17, 15) is 9.59 Å². The van der Waals surface area contributed by atoms with Gasteiger partial charge in [-0.15, -0.1) is 5.10 Å². The van der Waals surface area contributed by atoms with Crippen molar-refractivity contribution >= 4 is 11.8 Å². The summed E-state index contributed by atoms with van der Waals surface area (Å²) in [6.45, 7) is 2.30. The fraction of sp³-hybridized carbons (Fsp3) is 0.778. The number of methoxy groups -OCH3 is 1. The molecule has 0 spiro atoms. The molecule has 144 valence electrons. The molecule has 0 atom stereocenters. The number of hydrogen-bond donors (Lipinski definition) is 0. The highest BCUT2D eigenvalue weighted by Gasteiger charge is 2.34. The van der Waals surface area contributed by atoms with E-state index in [1.807, 2.05) is 4.90 Å². The summed E-state index contributed by atoms with van der Waals surface area (Å²) in [5.74, 6) is 0.648. The zero-order valence-corrected chi connectivity index (χ0v) is 15.8. The molecule has 8 nitrogen and oxygen atoms in total. The van der Waals surface area contributed by atoms with E-state index in [1.165, 1.54) is 32.1 Å². The molecule has 2 amide bonds. The van der Waals surface area contributed by atoms with Crippen molar-refractivity contribution in [3.05, 3.63) is 11.9 Å². The van der Waals surface area contributed by atoms with Crippen molar-refractivity contribution < 1.29 is 14.3 Å². The maximum absolute atomic E-state index is 12.4. The van der Waals surface area contributed by atoms with Crippen molar-refractivity contribution in [1.29, 1.82) is 0 Å². The lowest BCUT2D eigenvalue weighted by Gasteiger charge is -2.39. The van der Waals surface area contributed by atoms with Crippen LogP contribution in [-0.4, -0.2) is 77.0 Å². The van der Waals surface area contributed by atoms with E-state index in [-0.39, 0.29) is 17.9 Å². The number of rotatable bonds is 7. The van der Waals surface area contributed by atoms with Gasteiger partial charge in [0.25, 0.3) is 5.91 Å². The summed E-state index contributed by atoms with van der Waals surface area (Å²) in [5, 5.41) is 8.07. The molecule has 0 radical (unpaired) electrons. The number of likely N-dealkylation sites (tertiary alicyclic amines) is 1. The van der Waals surface area contributed by atoms with Crippen LogP contribution in [0.15, 0.2) is 6.20 Å². The number of nitrogens with zero attached hydrogens (tertiary/aromatic N) is 5. The average Bonchev–Trinajstić information content (AvgIpc) is 3.08. The van der Waals surface area contributed by atoms with Crippen LogP contribution in [0.1, 0.15) is 55.1 Å². The summed E-state index contributed by atoms with van der Waals surface area (Å²) in [5.41, 5.74) is 0.329. The Hall–Kier alpha value is -1.96. The second-order valence-electron chi connectivity index (χ2n) is 7.46. The molecule has 1 saturated heterocycles. The number of amides is 2. The fourth-order valence-electron chi connectivity index (χ4n) is 3.67. The van der Waals surface area contributed by atoms with Gasteiger partial charge in [-0.2, -0.15) is 0 Å². The number of ether oxygens (including phenoxy) is 1. The highest BCUT2D eigenvalue weighted by Crippen LogP contribution is 2.29. The van der Waals surface area contributed by atoms with Gasteiger partial charge in [-0.1, -0.05) is 24.5 Å². The van der Waals surface area contributed by atoms with Crippen LogP contribution in [0.3, 0.4) is 0 Å². The molecule has 26 heavy (non-hydrogen) atoms. The van der Waals surface area contributed by atoms with Crippen LogP contribution in [-0.2, 0) is 9.53 Å². The third kappa shape index (κ3) is 4.41. The maximum Gasteiger partial charge on any atom is 0.275 e. The van der Waals surface area contributed by atoms with Crippen molar-refractivity contribution in [2.45, 2.75) is 44.6 Å². The third-order valence-corrected chi connectivity index (χ3v) is 5.48. The van der Waals surface area contributed by atoms with Gasteiger partial charge in [-0.25, -0.2) is 4.68 Å². The molecule has 0 unspecified atom stereocenters. The number of carbonyl (C=O) groups excluding carboxylic acids is 2. The Kier molecular flexibility index (Phi) is 6.24. The maximum atomic E-state index is 12.4. The normalized spacial score (nSPS) is 18.6. The standard InChI is InChI=1S/C18H29N5O3/c1-21(8-9-26-2)18(25)16-13-23(20-19-16)15-11-22(12-15)17(24)10-14-6-4-3-5-7-14/h13-15H,3-12H2,1-2H3. The molecule has 3 rings (SSSR count). The second kappa shape index (κ2) is 8.62. The van der Waals surface area contributed by atoms with E-state index in [1.54, 1.807) is 29.9 Å². The van der Waals surface area contributed by atoms with E-state index < -0.39 is 0 Å². The molecular formula is C18H29N5O3. The molecule has 2 heterocycles. The van der Waals surface area contributed by atoms with E-state index in [2.05, 4.69) is 10.3 Å². The summed E-state index contributed by atoms with van der Waals surface area (Å²) < 4.78 is 6.69. The minimum absolute atomic E-state index is 0.114. The highest BCUT2D eigenvalue weighted by atomic mass is 16.5. The quantitative estimate of drug-likeness (QED) is 0.730. The van der Waals surface area contributed by atoms with Crippen LogP contribution in [0.2, 0.25) is 0 Å². The molecule has 2 aliphatic rings. The summed E-state index contributed by atoms with van der Waals surface area (Å²) in [4.78, 5) is 28.1. The Balaban J connectivity index is 1.46. The Bertz CT molecular complexity index is 620. The lowest BCUT2D eigenvalue weighted by molar-refractivity contribution is -0.138. The minimum Gasteiger partial charge on any atom is -0.383 e. The summed E-state index contributed by atoms with van der Waals surface area (Å²) in [7, 11) is 3.32. The lowest BCUT2D eigenvalue weighted by atomic mass is 9.86. The molecule has 2 fully saturated rings. The Morgan fingerprint density at radius 3 is 2.69 bits per heavy atom. The summed E-state index contributed by atoms with van der Waals surface area (Å²) in [6, 6.07) is 0.114. The van der Waals surface area contributed by atoms with Crippen molar-refractivity contribution in [1.82, 2.24) is 24.8 Å². The lowest BCUT2D eigenvalue weighted by Crippen LogP contribution is -2.51. The first-order valence-electron chi connectivity index (χ1n) is 9.52. The van der Waals surface area contributed by atoms with Crippen LogP contribution in [0, 0.1) is 5.92 Å². The van der Waals surface area contributed by atoms with E-state index >= 15 is 0 Å². The zero-order chi connectivity index (χ0) is 18.5. The third-order valence-electron chi connectivity index (χ3n) is 5.48. The predicted molar refractivity (Wildman–Crippen MR) is 95.7 cm³/mol. The SMILES string of the molecule is COCCN(C)C(=O)c1cn(C2CN(C(=O)CC3CCCCC3)C2)nn1. The van der Waals surface area contributed by atoms with Crippen LogP contribution >= 0.6 is 0 Å². The van der Waals surface area contributed by atoms with Gasteiger partial charge < -0.3 is 14.5 Å². The van der Waals surface area contributed by atoms with Crippen LogP contribution in [0.4, 0.5) is 0 Å². The molecule has 1 aromatic rings. The van der Waals surface area contributed by atoms with Gasteiger partial charge in [0.1, 0.15) is 0 Å². The van der Waals surface area contributed by atoms with E-state index in [4.69, 9.17) is 4.74 Å². The first kappa shape index (κ1) is 18.8. The van der Waals surface area contributed by atoms with Crippen molar-refractivity contribution in [3.63, 3.8) is 0 Å².